The number of thiol groups is 2. The van der Waals surface area contributed by atoms with E-state index in [0.29, 0.717) is 0 Å². The summed E-state index contributed by atoms with van der Waals surface area (Å²) in [7, 11) is -2.88. The van der Waals surface area contributed by atoms with E-state index in [1.165, 1.54) is 0 Å². The Morgan fingerprint density at radius 2 is 0.909 bits per heavy atom. The Hall–Kier alpha value is -1.41. The smallest absolute Gasteiger partial charge is 0.171 e. The lowest BCUT2D eigenvalue weighted by atomic mass is 10.3. The van der Waals surface area contributed by atoms with Crippen molar-refractivity contribution in [2.45, 2.75) is 9.79 Å². The van der Waals surface area contributed by atoms with Gasteiger partial charge in [0, 0.05) is 25.7 Å². The third-order valence-electron chi connectivity index (χ3n) is 3.55. The van der Waals surface area contributed by atoms with E-state index in [1.807, 2.05) is 78.9 Å². The van der Waals surface area contributed by atoms with Crippen molar-refractivity contribution in [2.75, 3.05) is 0 Å². The topological polar surface area (TPSA) is 17.1 Å². The van der Waals surface area contributed by atoms with Crippen molar-refractivity contribution in [2.24, 2.45) is 0 Å². The van der Waals surface area contributed by atoms with Gasteiger partial charge in [-0.1, -0.05) is 30.3 Å². The van der Waals surface area contributed by atoms with Gasteiger partial charge in [-0.15, -0.1) is 25.3 Å². The van der Waals surface area contributed by atoms with Crippen LogP contribution in [0.2, 0.25) is 0 Å². The molecule has 0 aromatic heterocycles. The van der Waals surface area contributed by atoms with E-state index < -0.39 is 7.14 Å². The molecular weight excluding hydrogens is 327 g/mol. The summed E-state index contributed by atoms with van der Waals surface area (Å²) in [6, 6.07) is 24.7. The first-order valence-electron chi connectivity index (χ1n) is 6.85. The molecule has 1 nitrogen and oxygen atoms in total. The molecule has 0 saturated carbocycles. The van der Waals surface area contributed by atoms with Crippen LogP contribution in [0.15, 0.2) is 88.7 Å². The maximum Gasteiger partial charge on any atom is 0.171 e. The zero-order valence-corrected chi connectivity index (χ0v) is 14.4. The number of hydrogen-bond donors (Lipinski definition) is 2. The van der Waals surface area contributed by atoms with Gasteiger partial charge in [-0.3, -0.25) is 0 Å². The highest BCUT2D eigenvalue weighted by atomic mass is 32.1. The van der Waals surface area contributed by atoms with Crippen molar-refractivity contribution < 1.29 is 4.57 Å². The molecular formula is C18H15OPS2. The Labute approximate surface area is 141 Å². The van der Waals surface area contributed by atoms with Gasteiger partial charge in [-0.25, -0.2) is 0 Å². The van der Waals surface area contributed by atoms with E-state index in [1.54, 1.807) is 0 Å². The molecule has 0 N–H and O–H groups in total. The molecule has 110 valence electrons. The third-order valence-corrected chi connectivity index (χ3v) is 7.22. The van der Waals surface area contributed by atoms with Crippen molar-refractivity contribution in [1.29, 1.82) is 0 Å². The van der Waals surface area contributed by atoms with Gasteiger partial charge < -0.3 is 4.57 Å². The second-order valence-electron chi connectivity index (χ2n) is 4.98. The van der Waals surface area contributed by atoms with Crippen molar-refractivity contribution in [1.82, 2.24) is 0 Å². The quantitative estimate of drug-likeness (QED) is 0.545. The van der Waals surface area contributed by atoms with E-state index >= 15 is 0 Å². The molecule has 0 amide bonds. The van der Waals surface area contributed by atoms with Crippen LogP contribution in [0.3, 0.4) is 0 Å². The Kier molecular flexibility index (Phi) is 4.49. The van der Waals surface area contributed by atoms with Gasteiger partial charge in [0.05, 0.1) is 0 Å². The summed E-state index contributed by atoms with van der Waals surface area (Å²) in [6.45, 7) is 0. The summed E-state index contributed by atoms with van der Waals surface area (Å²) < 4.78 is 14.0. The monoisotopic (exact) mass is 342 g/mol. The molecule has 0 radical (unpaired) electrons. The standard InChI is InChI=1S/C18H15OPS2/c19-20(14-4-2-1-3-5-14,15-6-10-17(21)11-7-15)16-8-12-18(22)13-9-16/h1-13,21-22H. The van der Waals surface area contributed by atoms with Crippen LogP contribution >= 0.6 is 32.4 Å². The summed E-state index contributed by atoms with van der Waals surface area (Å²) in [5.74, 6) is 0. The van der Waals surface area contributed by atoms with Gasteiger partial charge in [-0.05, 0) is 48.5 Å². The van der Waals surface area contributed by atoms with Gasteiger partial charge in [0.25, 0.3) is 0 Å². The predicted octanol–water partition coefficient (Wildman–Crippen LogP) is 3.90. The Morgan fingerprint density at radius 1 is 0.545 bits per heavy atom. The van der Waals surface area contributed by atoms with E-state index in [2.05, 4.69) is 25.3 Å². The van der Waals surface area contributed by atoms with Crippen LogP contribution < -0.4 is 15.9 Å². The third kappa shape index (κ3) is 2.89. The molecule has 3 aromatic rings. The van der Waals surface area contributed by atoms with Gasteiger partial charge in [0.1, 0.15) is 0 Å². The van der Waals surface area contributed by atoms with Crippen LogP contribution in [-0.2, 0) is 4.57 Å². The second-order valence-corrected chi connectivity index (χ2v) is 8.78. The minimum Gasteiger partial charge on any atom is -0.309 e. The number of benzene rings is 3. The van der Waals surface area contributed by atoms with Crippen molar-refractivity contribution in [3.63, 3.8) is 0 Å². The maximum absolute atomic E-state index is 14.0. The fourth-order valence-electron chi connectivity index (χ4n) is 2.41. The highest BCUT2D eigenvalue weighted by molar-refractivity contribution is 7.85. The van der Waals surface area contributed by atoms with Crippen molar-refractivity contribution in [3.8, 4) is 0 Å². The van der Waals surface area contributed by atoms with Crippen LogP contribution in [0, 0.1) is 0 Å². The van der Waals surface area contributed by atoms with Gasteiger partial charge in [0.15, 0.2) is 7.14 Å². The fraction of sp³-hybridized carbons (Fsp3) is 0. The molecule has 0 heterocycles. The van der Waals surface area contributed by atoms with Crippen LogP contribution in [0.5, 0.6) is 0 Å². The van der Waals surface area contributed by atoms with E-state index in [4.69, 9.17) is 0 Å². The molecule has 0 unspecified atom stereocenters. The summed E-state index contributed by atoms with van der Waals surface area (Å²) in [5, 5.41) is 2.45. The van der Waals surface area contributed by atoms with Crippen molar-refractivity contribution >= 4 is 48.3 Å². The largest absolute Gasteiger partial charge is 0.309 e. The highest BCUT2D eigenvalue weighted by Gasteiger charge is 2.29. The summed E-state index contributed by atoms with van der Waals surface area (Å²) in [4.78, 5) is 1.71. The van der Waals surface area contributed by atoms with E-state index in [-0.39, 0.29) is 0 Å². The minimum atomic E-state index is -2.88. The lowest BCUT2D eigenvalue weighted by molar-refractivity contribution is 0.592. The molecule has 0 fully saturated rings. The van der Waals surface area contributed by atoms with Gasteiger partial charge in [-0.2, -0.15) is 0 Å². The molecule has 0 atom stereocenters. The second kappa shape index (κ2) is 6.37. The van der Waals surface area contributed by atoms with Crippen LogP contribution in [0.1, 0.15) is 0 Å². The lowest BCUT2D eigenvalue weighted by Crippen LogP contribution is -2.24. The average Bonchev–Trinajstić information content (AvgIpc) is 2.56. The zero-order chi connectivity index (χ0) is 15.6. The molecule has 3 aromatic carbocycles. The molecule has 0 aliphatic heterocycles. The Morgan fingerprint density at radius 3 is 1.32 bits per heavy atom. The van der Waals surface area contributed by atoms with E-state index in [9.17, 15) is 4.57 Å². The molecule has 3 rings (SSSR count). The molecule has 22 heavy (non-hydrogen) atoms. The first-order valence-corrected chi connectivity index (χ1v) is 9.46. The molecule has 4 heteroatoms. The number of rotatable bonds is 3. The zero-order valence-electron chi connectivity index (χ0n) is 11.8. The molecule has 0 aliphatic rings. The van der Waals surface area contributed by atoms with E-state index in [0.717, 1.165) is 25.7 Å². The fourth-order valence-corrected chi connectivity index (χ4v) is 5.33. The first kappa shape index (κ1) is 15.5. The Balaban J connectivity index is 2.25. The molecule has 0 aliphatic carbocycles. The van der Waals surface area contributed by atoms with Crippen molar-refractivity contribution in [3.05, 3.63) is 78.9 Å². The average molecular weight is 342 g/mol. The van der Waals surface area contributed by atoms with Gasteiger partial charge in [0.2, 0.25) is 0 Å². The summed E-state index contributed by atoms with van der Waals surface area (Å²) in [5.41, 5.74) is 0. The molecule has 0 saturated heterocycles. The van der Waals surface area contributed by atoms with Gasteiger partial charge >= 0.3 is 0 Å². The lowest BCUT2D eigenvalue weighted by Gasteiger charge is -2.20. The number of hydrogen-bond acceptors (Lipinski definition) is 3. The Bertz CT molecular complexity index is 762. The highest BCUT2D eigenvalue weighted by Crippen LogP contribution is 2.42. The SMILES string of the molecule is O=P(c1ccccc1)(c1ccc(S)cc1)c1ccc(S)cc1. The minimum absolute atomic E-state index is 0.809. The van der Waals surface area contributed by atoms with Crippen LogP contribution in [-0.4, -0.2) is 0 Å². The predicted molar refractivity (Wildman–Crippen MR) is 100 cm³/mol. The normalized spacial score (nSPS) is 11.4. The summed E-state index contributed by atoms with van der Waals surface area (Å²) >= 11 is 8.63. The molecule has 0 bridgehead atoms. The summed E-state index contributed by atoms with van der Waals surface area (Å²) in [6.07, 6.45) is 0. The maximum atomic E-state index is 14.0. The molecule has 0 spiro atoms. The van der Waals surface area contributed by atoms with Crippen LogP contribution in [0.4, 0.5) is 0 Å². The van der Waals surface area contributed by atoms with Crippen LogP contribution in [0.25, 0.3) is 0 Å². The first-order chi connectivity index (χ1) is 10.6.